The van der Waals surface area contributed by atoms with Gasteiger partial charge in [-0.05, 0) is 30.0 Å². The first kappa shape index (κ1) is 19.4. The third kappa shape index (κ3) is 4.55. The Kier molecular flexibility index (Phi) is 6.27. The Hall–Kier alpha value is -1.92. The lowest BCUT2D eigenvalue weighted by atomic mass is 10.1. The molecule has 3 aromatic rings. The summed E-state index contributed by atoms with van der Waals surface area (Å²) < 4.78 is 12.4. The van der Waals surface area contributed by atoms with E-state index < -0.39 is 0 Å². The number of benzene rings is 2. The molecule has 4 nitrogen and oxygen atoms in total. The predicted molar refractivity (Wildman–Crippen MR) is 113 cm³/mol. The molecule has 1 aromatic heterocycles. The van der Waals surface area contributed by atoms with E-state index in [0.29, 0.717) is 23.1 Å². The average molecular weight is 416 g/mol. The summed E-state index contributed by atoms with van der Waals surface area (Å²) in [6.07, 6.45) is 2.17. The highest BCUT2D eigenvalue weighted by atomic mass is 35.5. The van der Waals surface area contributed by atoms with Crippen LogP contribution < -0.4 is 5.32 Å². The number of amides is 1. The minimum Gasteiger partial charge on any atom is -0.381 e. The van der Waals surface area contributed by atoms with Crippen molar-refractivity contribution in [1.29, 1.82) is 0 Å². The molecule has 2 heterocycles. The summed E-state index contributed by atoms with van der Waals surface area (Å²) in [6, 6.07) is 15.9. The summed E-state index contributed by atoms with van der Waals surface area (Å²) in [5.74, 6) is -0.143. The Bertz CT molecular complexity index is 965. The van der Waals surface area contributed by atoms with E-state index in [1.165, 1.54) is 11.3 Å². The number of carbonyl (C=O) groups is 1. The van der Waals surface area contributed by atoms with Crippen LogP contribution in [0.4, 0.5) is 0 Å². The van der Waals surface area contributed by atoms with Crippen LogP contribution in [0.25, 0.3) is 10.1 Å². The molecule has 4 rings (SSSR count). The second-order valence-electron chi connectivity index (χ2n) is 6.87. The second kappa shape index (κ2) is 9.05. The van der Waals surface area contributed by atoms with Crippen LogP contribution >= 0.6 is 22.9 Å². The molecule has 0 atom stereocenters. The van der Waals surface area contributed by atoms with Crippen molar-refractivity contribution < 1.29 is 14.3 Å². The van der Waals surface area contributed by atoms with E-state index in [1.54, 1.807) is 0 Å². The zero-order valence-corrected chi connectivity index (χ0v) is 17.0. The van der Waals surface area contributed by atoms with E-state index in [9.17, 15) is 4.79 Å². The maximum atomic E-state index is 12.6. The van der Waals surface area contributed by atoms with Crippen molar-refractivity contribution in [2.75, 3.05) is 13.2 Å². The Morgan fingerprint density at radius 3 is 2.75 bits per heavy atom. The van der Waals surface area contributed by atoms with Gasteiger partial charge >= 0.3 is 0 Å². The number of fused-ring (bicyclic) bond motifs is 1. The first-order valence-electron chi connectivity index (χ1n) is 9.43. The molecule has 0 radical (unpaired) electrons. The van der Waals surface area contributed by atoms with E-state index in [-0.39, 0.29) is 12.0 Å². The van der Waals surface area contributed by atoms with Gasteiger partial charge in [0, 0.05) is 29.8 Å². The molecule has 6 heteroatoms. The van der Waals surface area contributed by atoms with Gasteiger partial charge in [-0.1, -0.05) is 54.1 Å². The van der Waals surface area contributed by atoms with Gasteiger partial charge in [0.25, 0.3) is 5.91 Å². The van der Waals surface area contributed by atoms with Crippen LogP contribution in [0.2, 0.25) is 5.02 Å². The topological polar surface area (TPSA) is 47.6 Å². The van der Waals surface area contributed by atoms with E-state index in [0.717, 1.165) is 47.3 Å². The Labute approximate surface area is 173 Å². The van der Waals surface area contributed by atoms with Crippen LogP contribution in [0, 0.1) is 0 Å². The number of rotatable bonds is 6. The normalized spacial score (nSPS) is 15.0. The Morgan fingerprint density at radius 1 is 1.14 bits per heavy atom. The number of halogens is 1. The van der Waals surface area contributed by atoms with Gasteiger partial charge in [-0.3, -0.25) is 4.79 Å². The summed E-state index contributed by atoms with van der Waals surface area (Å²) in [7, 11) is 0. The number of hydrogen-bond donors (Lipinski definition) is 1. The molecule has 28 heavy (non-hydrogen) atoms. The highest BCUT2D eigenvalue weighted by molar-refractivity contribution is 7.21. The fraction of sp³-hybridized carbons (Fsp3) is 0.318. The van der Waals surface area contributed by atoms with Crippen LogP contribution in [0.5, 0.6) is 0 Å². The van der Waals surface area contributed by atoms with Gasteiger partial charge in [0.05, 0.1) is 17.7 Å². The van der Waals surface area contributed by atoms with Gasteiger partial charge in [-0.25, -0.2) is 0 Å². The largest absolute Gasteiger partial charge is 0.381 e. The molecule has 0 aliphatic carbocycles. The zero-order valence-electron chi connectivity index (χ0n) is 15.4. The van der Waals surface area contributed by atoms with E-state index in [4.69, 9.17) is 21.1 Å². The van der Waals surface area contributed by atoms with E-state index >= 15 is 0 Å². The van der Waals surface area contributed by atoms with E-state index in [1.807, 2.05) is 42.5 Å². The molecular weight excluding hydrogens is 394 g/mol. The molecule has 1 aliphatic heterocycles. The van der Waals surface area contributed by atoms with Gasteiger partial charge in [-0.2, -0.15) is 0 Å². The van der Waals surface area contributed by atoms with Crippen molar-refractivity contribution in [2.45, 2.75) is 32.1 Å². The minimum atomic E-state index is -0.143. The van der Waals surface area contributed by atoms with Crippen LogP contribution in [0.15, 0.2) is 48.5 Å². The smallest absolute Gasteiger partial charge is 0.263 e. The van der Waals surface area contributed by atoms with Crippen LogP contribution in [0.1, 0.15) is 33.6 Å². The first-order chi connectivity index (χ1) is 13.7. The highest BCUT2D eigenvalue weighted by Gasteiger charge is 2.17. The van der Waals surface area contributed by atoms with E-state index in [2.05, 4.69) is 11.4 Å². The number of thiophene rings is 1. The summed E-state index contributed by atoms with van der Waals surface area (Å²) in [5.41, 5.74) is 2.15. The SMILES string of the molecule is O=C(NCc1cccc(COC2CCOCC2)c1)c1sc2ccccc2c1Cl. The lowest BCUT2D eigenvalue weighted by molar-refractivity contribution is -0.0390. The lowest BCUT2D eigenvalue weighted by Crippen LogP contribution is -2.23. The fourth-order valence-corrected chi connectivity index (χ4v) is 4.74. The Balaban J connectivity index is 1.36. The molecule has 1 fully saturated rings. The molecule has 1 aliphatic rings. The maximum Gasteiger partial charge on any atom is 0.263 e. The van der Waals surface area contributed by atoms with Crippen molar-refractivity contribution in [3.05, 3.63) is 69.6 Å². The van der Waals surface area contributed by atoms with Crippen LogP contribution in [-0.2, 0) is 22.6 Å². The van der Waals surface area contributed by atoms with Gasteiger partial charge in [0.1, 0.15) is 4.88 Å². The summed E-state index contributed by atoms with van der Waals surface area (Å²) in [4.78, 5) is 13.2. The van der Waals surface area contributed by atoms with Gasteiger partial charge in [0.2, 0.25) is 0 Å². The van der Waals surface area contributed by atoms with Crippen molar-refractivity contribution >= 4 is 38.9 Å². The second-order valence-corrected chi connectivity index (χ2v) is 8.30. The average Bonchev–Trinajstić information content (AvgIpc) is 3.08. The third-order valence-corrected chi connectivity index (χ3v) is 6.51. The molecule has 0 spiro atoms. The molecular formula is C22H22ClNO3S. The number of carbonyl (C=O) groups excluding carboxylic acids is 1. The van der Waals surface area contributed by atoms with Gasteiger partial charge in [-0.15, -0.1) is 11.3 Å². The molecule has 1 N–H and O–H groups in total. The van der Waals surface area contributed by atoms with Crippen LogP contribution in [0.3, 0.4) is 0 Å². The van der Waals surface area contributed by atoms with Crippen molar-refractivity contribution in [2.24, 2.45) is 0 Å². The Morgan fingerprint density at radius 2 is 1.93 bits per heavy atom. The standard InChI is InChI=1S/C22H22ClNO3S/c23-20-18-6-1-2-7-19(18)28-21(20)22(25)24-13-15-4-3-5-16(12-15)14-27-17-8-10-26-11-9-17/h1-7,12,17H,8-11,13-14H2,(H,24,25). The number of nitrogens with one attached hydrogen (secondary N) is 1. The molecule has 1 saturated heterocycles. The number of hydrogen-bond acceptors (Lipinski definition) is 4. The predicted octanol–water partition coefficient (Wildman–Crippen LogP) is 5.18. The highest BCUT2D eigenvalue weighted by Crippen LogP contribution is 2.35. The summed E-state index contributed by atoms with van der Waals surface area (Å²) >= 11 is 7.82. The van der Waals surface area contributed by atoms with Crippen LogP contribution in [-0.4, -0.2) is 25.2 Å². The maximum absolute atomic E-state index is 12.6. The molecule has 146 valence electrons. The fourth-order valence-electron chi connectivity index (χ4n) is 3.31. The molecule has 0 unspecified atom stereocenters. The quantitative estimate of drug-likeness (QED) is 0.603. The third-order valence-electron chi connectivity index (χ3n) is 4.84. The monoisotopic (exact) mass is 415 g/mol. The lowest BCUT2D eigenvalue weighted by Gasteiger charge is -2.22. The number of ether oxygens (including phenoxy) is 2. The molecule has 2 aromatic carbocycles. The van der Waals surface area contributed by atoms with Crippen molar-refractivity contribution in [3.63, 3.8) is 0 Å². The minimum absolute atomic E-state index is 0.143. The van der Waals surface area contributed by atoms with Gasteiger partial charge < -0.3 is 14.8 Å². The summed E-state index contributed by atoms with van der Waals surface area (Å²) in [6.45, 7) is 2.58. The van der Waals surface area contributed by atoms with Crippen molar-refractivity contribution in [3.8, 4) is 0 Å². The molecule has 1 amide bonds. The molecule has 0 saturated carbocycles. The summed E-state index contributed by atoms with van der Waals surface area (Å²) in [5, 5.41) is 4.43. The zero-order chi connectivity index (χ0) is 19.3. The van der Waals surface area contributed by atoms with Crippen molar-refractivity contribution in [1.82, 2.24) is 5.32 Å². The molecule has 0 bridgehead atoms. The first-order valence-corrected chi connectivity index (χ1v) is 10.6. The van der Waals surface area contributed by atoms with Gasteiger partial charge in [0.15, 0.2) is 0 Å².